The first kappa shape index (κ1) is 15.3. The van der Waals surface area contributed by atoms with Crippen molar-refractivity contribution in [1.29, 1.82) is 0 Å². The first-order valence-corrected chi connectivity index (χ1v) is 7.66. The topological polar surface area (TPSA) is 102 Å². The number of nitrogens with one attached hydrogen (secondary N) is 1. The summed E-state index contributed by atoms with van der Waals surface area (Å²) in [6.07, 6.45) is 1.14. The first-order valence-electron chi connectivity index (χ1n) is 5.38. The van der Waals surface area contributed by atoms with Crippen molar-refractivity contribution in [1.82, 2.24) is 4.98 Å². The van der Waals surface area contributed by atoms with Gasteiger partial charge in [-0.05, 0) is 34.1 Å². The number of rotatable bonds is 4. The maximum absolute atomic E-state index is 13.5. The van der Waals surface area contributed by atoms with E-state index in [-0.39, 0.29) is 15.8 Å². The van der Waals surface area contributed by atoms with Crippen LogP contribution in [0.5, 0.6) is 0 Å². The van der Waals surface area contributed by atoms with Crippen LogP contribution in [0, 0.1) is 15.9 Å². The van der Waals surface area contributed by atoms with Crippen LogP contribution in [0.2, 0.25) is 0 Å². The highest BCUT2D eigenvalue weighted by Gasteiger charge is 2.22. The maximum Gasteiger partial charge on any atom is 0.282 e. The summed E-state index contributed by atoms with van der Waals surface area (Å²) in [6.45, 7) is 0. The molecule has 0 spiro atoms. The van der Waals surface area contributed by atoms with Gasteiger partial charge in [-0.25, -0.2) is 9.37 Å². The summed E-state index contributed by atoms with van der Waals surface area (Å²) in [5.74, 6) is -0.997. The Balaban J connectivity index is 2.38. The molecule has 0 atom stereocenters. The summed E-state index contributed by atoms with van der Waals surface area (Å²) >= 11 is 3.01. The van der Waals surface area contributed by atoms with E-state index in [0.29, 0.717) is 0 Å². The van der Waals surface area contributed by atoms with Crippen molar-refractivity contribution in [2.75, 3.05) is 4.72 Å². The van der Waals surface area contributed by atoms with E-state index in [4.69, 9.17) is 0 Å². The van der Waals surface area contributed by atoms with Gasteiger partial charge in [-0.2, -0.15) is 8.42 Å². The van der Waals surface area contributed by atoms with Gasteiger partial charge in [0.1, 0.15) is 0 Å². The number of benzene rings is 1. The molecule has 0 aliphatic heterocycles. The molecule has 1 aromatic heterocycles. The van der Waals surface area contributed by atoms with E-state index >= 15 is 0 Å². The molecule has 1 N–H and O–H groups in total. The Bertz CT molecular complexity index is 813. The van der Waals surface area contributed by atoms with Gasteiger partial charge in [0.05, 0.1) is 10.6 Å². The minimum atomic E-state index is -4.24. The molecule has 10 heteroatoms. The lowest BCUT2D eigenvalue weighted by molar-refractivity contribution is -0.384. The Morgan fingerprint density at radius 1 is 1.33 bits per heavy atom. The SMILES string of the molecule is O=[N+]([O-])c1ccc(NS(=O)(=O)c2ncccc2F)c(Br)c1. The molecule has 2 aromatic rings. The van der Waals surface area contributed by atoms with Crippen molar-refractivity contribution in [2.24, 2.45) is 0 Å². The molecule has 0 bridgehead atoms. The number of aromatic nitrogens is 1. The molecular formula is C11H7BrFN3O4S. The maximum atomic E-state index is 13.5. The van der Waals surface area contributed by atoms with Crippen molar-refractivity contribution in [3.8, 4) is 0 Å². The average Bonchev–Trinajstić information content (AvgIpc) is 2.41. The van der Waals surface area contributed by atoms with Crippen molar-refractivity contribution < 1.29 is 17.7 Å². The van der Waals surface area contributed by atoms with E-state index in [1.165, 1.54) is 12.1 Å². The third kappa shape index (κ3) is 3.34. The van der Waals surface area contributed by atoms with Crippen molar-refractivity contribution in [2.45, 2.75) is 5.03 Å². The Hall–Kier alpha value is -2.07. The van der Waals surface area contributed by atoms with Crippen LogP contribution in [0.4, 0.5) is 15.8 Å². The lowest BCUT2D eigenvalue weighted by Gasteiger charge is -2.09. The summed E-state index contributed by atoms with van der Waals surface area (Å²) in [5, 5.41) is 9.85. The third-order valence-electron chi connectivity index (χ3n) is 2.39. The van der Waals surface area contributed by atoms with Gasteiger partial charge in [-0.1, -0.05) is 0 Å². The average molecular weight is 376 g/mol. The highest BCUT2D eigenvalue weighted by molar-refractivity contribution is 9.10. The van der Waals surface area contributed by atoms with E-state index in [9.17, 15) is 22.9 Å². The van der Waals surface area contributed by atoms with E-state index in [2.05, 4.69) is 25.6 Å². The Labute approximate surface area is 127 Å². The predicted octanol–water partition coefficient (Wildman–Crippen LogP) is 2.69. The van der Waals surface area contributed by atoms with Gasteiger partial charge in [0.2, 0.25) is 5.03 Å². The molecule has 0 aliphatic carbocycles. The minimum Gasteiger partial charge on any atom is -0.277 e. The van der Waals surface area contributed by atoms with Gasteiger partial charge in [-0.3, -0.25) is 14.8 Å². The largest absolute Gasteiger partial charge is 0.282 e. The van der Waals surface area contributed by atoms with E-state index in [1.807, 2.05) is 0 Å². The number of halogens is 2. The number of anilines is 1. The summed E-state index contributed by atoms with van der Waals surface area (Å²) in [4.78, 5) is 13.5. The molecule has 0 unspecified atom stereocenters. The molecule has 0 amide bonds. The lowest BCUT2D eigenvalue weighted by Crippen LogP contribution is -2.16. The Kier molecular flexibility index (Phi) is 4.19. The van der Waals surface area contributed by atoms with Crippen LogP contribution in [0.3, 0.4) is 0 Å². The van der Waals surface area contributed by atoms with E-state index in [0.717, 1.165) is 24.4 Å². The van der Waals surface area contributed by atoms with Crippen LogP contribution in [-0.4, -0.2) is 18.3 Å². The lowest BCUT2D eigenvalue weighted by atomic mass is 10.3. The number of hydrogen-bond acceptors (Lipinski definition) is 5. The molecule has 0 radical (unpaired) electrons. The van der Waals surface area contributed by atoms with Crippen molar-refractivity contribution >= 4 is 37.3 Å². The molecule has 21 heavy (non-hydrogen) atoms. The van der Waals surface area contributed by atoms with Crippen LogP contribution < -0.4 is 4.72 Å². The summed E-state index contributed by atoms with van der Waals surface area (Å²) in [7, 11) is -4.24. The normalized spacial score (nSPS) is 11.1. The zero-order chi connectivity index (χ0) is 15.6. The standard InChI is InChI=1S/C11H7BrFN3O4S/c12-8-6-7(16(17)18)3-4-10(8)15-21(19,20)11-9(13)2-1-5-14-11/h1-6,15H. The molecule has 0 aliphatic rings. The van der Waals surface area contributed by atoms with Crippen molar-refractivity contribution in [3.63, 3.8) is 0 Å². The zero-order valence-corrected chi connectivity index (χ0v) is 12.6. The predicted molar refractivity (Wildman–Crippen MR) is 75.8 cm³/mol. The fourth-order valence-electron chi connectivity index (χ4n) is 1.46. The third-order valence-corrected chi connectivity index (χ3v) is 4.34. The molecule has 7 nitrogen and oxygen atoms in total. The number of sulfonamides is 1. The monoisotopic (exact) mass is 375 g/mol. The number of non-ortho nitro benzene ring substituents is 1. The van der Waals surface area contributed by atoms with Crippen LogP contribution in [0.15, 0.2) is 46.0 Å². The molecular weight excluding hydrogens is 369 g/mol. The fourth-order valence-corrected chi connectivity index (χ4v) is 3.15. The van der Waals surface area contributed by atoms with Crippen LogP contribution in [0.25, 0.3) is 0 Å². The van der Waals surface area contributed by atoms with Crippen LogP contribution >= 0.6 is 15.9 Å². The summed E-state index contributed by atoms with van der Waals surface area (Å²) < 4.78 is 39.8. The molecule has 0 fully saturated rings. The molecule has 2 rings (SSSR count). The van der Waals surface area contributed by atoms with Gasteiger partial charge in [0, 0.05) is 22.8 Å². The fraction of sp³-hybridized carbons (Fsp3) is 0. The number of nitro groups is 1. The van der Waals surface area contributed by atoms with Gasteiger partial charge < -0.3 is 0 Å². The second-order valence-corrected chi connectivity index (χ2v) is 6.27. The molecule has 110 valence electrons. The summed E-state index contributed by atoms with van der Waals surface area (Å²) in [5.41, 5.74) is -0.181. The Morgan fingerprint density at radius 2 is 2.05 bits per heavy atom. The summed E-state index contributed by atoms with van der Waals surface area (Å²) in [6, 6.07) is 5.67. The Morgan fingerprint density at radius 3 is 2.62 bits per heavy atom. The molecule has 1 aromatic carbocycles. The van der Waals surface area contributed by atoms with E-state index < -0.39 is 25.8 Å². The number of hydrogen-bond donors (Lipinski definition) is 1. The van der Waals surface area contributed by atoms with E-state index in [1.54, 1.807) is 0 Å². The second-order valence-electron chi connectivity index (χ2n) is 3.82. The highest BCUT2D eigenvalue weighted by Crippen LogP contribution is 2.29. The minimum absolute atomic E-state index is 0.0330. The molecule has 1 heterocycles. The van der Waals surface area contributed by atoms with Gasteiger partial charge in [-0.15, -0.1) is 0 Å². The van der Waals surface area contributed by atoms with Gasteiger partial charge in [0.15, 0.2) is 5.82 Å². The van der Waals surface area contributed by atoms with Crippen LogP contribution in [0.1, 0.15) is 0 Å². The molecule has 0 saturated heterocycles. The quantitative estimate of drug-likeness (QED) is 0.653. The van der Waals surface area contributed by atoms with Gasteiger partial charge >= 0.3 is 0 Å². The number of nitro benzene ring substituents is 1. The van der Waals surface area contributed by atoms with Crippen molar-refractivity contribution in [3.05, 3.63) is 56.9 Å². The number of nitrogens with zero attached hydrogens (tertiary/aromatic N) is 2. The van der Waals surface area contributed by atoms with Gasteiger partial charge in [0.25, 0.3) is 15.7 Å². The second kappa shape index (κ2) is 5.74. The zero-order valence-electron chi connectivity index (χ0n) is 10.2. The smallest absolute Gasteiger partial charge is 0.277 e. The molecule has 0 saturated carbocycles. The van der Waals surface area contributed by atoms with Crippen LogP contribution in [-0.2, 0) is 10.0 Å². The first-order chi connectivity index (χ1) is 9.81. The number of pyridine rings is 1. The highest BCUT2D eigenvalue weighted by atomic mass is 79.9.